The molecule has 1 aromatic carbocycles. The number of rotatable bonds is 4. The van der Waals surface area contributed by atoms with Crippen molar-refractivity contribution < 1.29 is 18.0 Å². The van der Waals surface area contributed by atoms with Crippen molar-refractivity contribution in [3.8, 4) is 0 Å². The highest BCUT2D eigenvalue weighted by Gasteiger charge is 2.38. The maximum absolute atomic E-state index is 13.3. The van der Waals surface area contributed by atoms with E-state index in [2.05, 4.69) is 15.5 Å². The fourth-order valence-electron chi connectivity index (χ4n) is 3.41. The first-order valence-electron chi connectivity index (χ1n) is 8.68. The lowest BCUT2D eigenvalue weighted by Crippen LogP contribution is -2.35. The van der Waals surface area contributed by atoms with Crippen LogP contribution in [0.3, 0.4) is 0 Å². The smallest absolute Gasteiger partial charge is 0.330 e. The van der Waals surface area contributed by atoms with E-state index in [1.165, 1.54) is 17.0 Å². The van der Waals surface area contributed by atoms with Crippen LogP contribution >= 0.6 is 12.4 Å². The van der Waals surface area contributed by atoms with E-state index in [0.29, 0.717) is 12.2 Å². The van der Waals surface area contributed by atoms with Gasteiger partial charge in [0.1, 0.15) is 0 Å². The second kappa shape index (κ2) is 7.52. The Morgan fingerprint density at radius 1 is 1.26 bits per heavy atom. The normalized spacial score (nSPS) is 16.4. The second-order valence-electron chi connectivity index (χ2n) is 6.78. The zero-order chi connectivity index (χ0) is 18.3. The number of amides is 1. The predicted molar refractivity (Wildman–Crippen MR) is 95.6 cm³/mol. The third-order valence-corrected chi connectivity index (χ3v) is 4.92. The van der Waals surface area contributed by atoms with Crippen molar-refractivity contribution in [1.82, 2.24) is 20.4 Å². The number of nitrogens with zero attached hydrogens (tertiary/aromatic N) is 2. The molecule has 2 heterocycles. The Labute approximate surface area is 160 Å². The number of carbonyl (C=O) groups is 1. The van der Waals surface area contributed by atoms with Crippen molar-refractivity contribution in [2.24, 2.45) is 0 Å². The molecule has 1 saturated carbocycles. The van der Waals surface area contributed by atoms with Crippen LogP contribution in [0.4, 0.5) is 13.2 Å². The molecule has 0 radical (unpaired) electrons. The van der Waals surface area contributed by atoms with Crippen LogP contribution in [0, 0.1) is 0 Å². The summed E-state index contributed by atoms with van der Waals surface area (Å²) in [6.45, 7) is 1.30. The van der Waals surface area contributed by atoms with Gasteiger partial charge in [0.15, 0.2) is 5.69 Å². The first-order valence-corrected chi connectivity index (χ1v) is 8.68. The summed E-state index contributed by atoms with van der Waals surface area (Å²) in [6.07, 6.45) is -2.06. The van der Waals surface area contributed by atoms with E-state index in [1.807, 2.05) is 0 Å². The fourth-order valence-corrected chi connectivity index (χ4v) is 3.41. The Morgan fingerprint density at radius 2 is 2.00 bits per heavy atom. The number of carbonyl (C=O) groups excluding carboxylic acids is 1. The van der Waals surface area contributed by atoms with Gasteiger partial charge in [-0.25, -0.2) is 0 Å². The minimum Gasteiger partial charge on any atom is -0.330 e. The Hall–Kier alpha value is -2.06. The molecule has 1 amide bonds. The van der Waals surface area contributed by atoms with Crippen molar-refractivity contribution in [1.29, 1.82) is 0 Å². The van der Waals surface area contributed by atoms with Gasteiger partial charge in [0.25, 0.3) is 5.91 Å². The summed E-state index contributed by atoms with van der Waals surface area (Å²) in [4.78, 5) is 14.6. The molecule has 4 rings (SSSR count). The lowest BCUT2D eigenvalue weighted by molar-refractivity contribution is -0.138. The van der Waals surface area contributed by atoms with E-state index in [4.69, 9.17) is 0 Å². The Balaban J connectivity index is 0.00000210. The van der Waals surface area contributed by atoms with Crippen LogP contribution in [0.15, 0.2) is 24.3 Å². The van der Waals surface area contributed by atoms with E-state index < -0.39 is 11.7 Å². The second-order valence-corrected chi connectivity index (χ2v) is 6.78. The molecule has 0 atom stereocenters. The van der Waals surface area contributed by atoms with Crippen LogP contribution < -0.4 is 5.32 Å². The van der Waals surface area contributed by atoms with E-state index in [-0.39, 0.29) is 36.5 Å². The molecule has 146 valence electrons. The van der Waals surface area contributed by atoms with Gasteiger partial charge >= 0.3 is 6.18 Å². The first kappa shape index (κ1) is 19.7. The zero-order valence-corrected chi connectivity index (χ0v) is 15.3. The van der Waals surface area contributed by atoms with Gasteiger partial charge in [-0.2, -0.15) is 18.3 Å². The summed E-state index contributed by atoms with van der Waals surface area (Å²) in [5.41, 5.74) is 1.50. The van der Waals surface area contributed by atoms with Crippen molar-refractivity contribution in [2.75, 3.05) is 6.54 Å². The minimum absolute atomic E-state index is 0. The average Bonchev–Trinajstić information content (AvgIpc) is 3.37. The minimum atomic E-state index is -4.44. The molecule has 0 spiro atoms. The number of aromatic amines is 1. The van der Waals surface area contributed by atoms with Crippen molar-refractivity contribution >= 4 is 18.3 Å². The quantitative estimate of drug-likeness (QED) is 0.827. The Kier molecular flexibility index (Phi) is 5.48. The van der Waals surface area contributed by atoms with Gasteiger partial charge < -0.3 is 10.2 Å². The Bertz CT molecular complexity index is 832. The summed E-state index contributed by atoms with van der Waals surface area (Å²) in [5, 5.41) is 10.3. The molecule has 2 aromatic rings. The maximum Gasteiger partial charge on any atom is 0.416 e. The largest absolute Gasteiger partial charge is 0.416 e. The highest BCUT2D eigenvalue weighted by atomic mass is 35.5. The highest BCUT2D eigenvalue weighted by Crippen LogP contribution is 2.35. The topological polar surface area (TPSA) is 61.0 Å². The summed E-state index contributed by atoms with van der Waals surface area (Å²) in [5.74, 6) is -0.300. The molecule has 0 unspecified atom stereocenters. The lowest BCUT2D eigenvalue weighted by atomic mass is 10.0. The van der Waals surface area contributed by atoms with Crippen LogP contribution in [0.25, 0.3) is 0 Å². The lowest BCUT2D eigenvalue weighted by Gasteiger charge is -2.24. The number of hydrogen-bond acceptors (Lipinski definition) is 3. The summed E-state index contributed by atoms with van der Waals surface area (Å²) < 4.78 is 39.9. The third-order valence-electron chi connectivity index (χ3n) is 4.92. The molecule has 0 bridgehead atoms. The van der Waals surface area contributed by atoms with Gasteiger partial charge in [-0.3, -0.25) is 9.89 Å². The predicted octanol–water partition coefficient (Wildman–Crippen LogP) is 3.30. The van der Waals surface area contributed by atoms with Crippen molar-refractivity contribution in [3.05, 3.63) is 52.3 Å². The summed E-state index contributed by atoms with van der Waals surface area (Å²) in [6, 6.07) is 5.41. The van der Waals surface area contributed by atoms with Gasteiger partial charge in [-0.15, -0.1) is 12.4 Å². The van der Waals surface area contributed by atoms with E-state index in [0.717, 1.165) is 43.1 Å². The molecule has 1 aliphatic heterocycles. The molecule has 9 heteroatoms. The van der Waals surface area contributed by atoms with E-state index in [1.54, 1.807) is 6.07 Å². The number of nitrogens with one attached hydrogen (secondary N) is 2. The number of hydrogen-bond donors (Lipinski definition) is 2. The molecule has 2 N–H and O–H groups in total. The molecular formula is C18H20ClF3N4O. The molecule has 0 saturated heterocycles. The van der Waals surface area contributed by atoms with Crippen LogP contribution in [0.5, 0.6) is 0 Å². The fraction of sp³-hybridized carbons (Fsp3) is 0.444. The standard InChI is InChI=1S/C18H19F3N4O.ClH/c19-18(20,21)14-4-2-1-3-11(14)10-25(12-5-6-12)17(26)16-13-9-22-8-7-15(13)23-24-16;/h1-4,12,22H,5-10H2,(H,23,24);1H. The molecule has 1 aliphatic carbocycles. The third kappa shape index (κ3) is 3.96. The maximum atomic E-state index is 13.3. The monoisotopic (exact) mass is 400 g/mol. The van der Waals surface area contributed by atoms with Gasteiger partial charge in [0.05, 0.1) is 5.56 Å². The zero-order valence-electron chi connectivity index (χ0n) is 14.5. The van der Waals surface area contributed by atoms with Gasteiger partial charge in [-0.1, -0.05) is 18.2 Å². The number of aromatic nitrogens is 2. The summed E-state index contributed by atoms with van der Waals surface area (Å²) >= 11 is 0. The van der Waals surface area contributed by atoms with E-state index >= 15 is 0 Å². The number of halogens is 4. The number of fused-ring (bicyclic) bond motifs is 1. The van der Waals surface area contributed by atoms with Crippen LogP contribution in [-0.2, 0) is 25.7 Å². The molecular weight excluding hydrogens is 381 g/mol. The van der Waals surface area contributed by atoms with Gasteiger partial charge in [-0.05, 0) is 24.5 Å². The van der Waals surface area contributed by atoms with Crippen LogP contribution in [0.1, 0.15) is 45.7 Å². The number of alkyl halides is 3. The molecule has 5 nitrogen and oxygen atoms in total. The molecule has 1 fully saturated rings. The first-order chi connectivity index (χ1) is 12.4. The molecule has 27 heavy (non-hydrogen) atoms. The van der Waals surface area contributed by atoms with Crippen molar-refractivity contribution in [2.45, 2.75) is 44.6 Å². The van der Waals surface area contributed by atoms with E-state index in [9.17, 15) is 18.0 Å². The highest BCUT2D eigenvalue weighted by molar-refractivity contribution is 5.94. The SMILES string of the molecule is Cl.O=C(c1n[nH]c2c1CNCC2)N(Cc1ccccc1C(F)(F)F)C1CC1. The summed E-state index contributed by atoms with van der Waals surface area (Å²) in [7, 11) is 0. The van der Waals surface area contributed by atoms with Crippen molar-refractivity contribution in [3.63, 3.8) is 0 Å². The van der Waals surface area contributed by atoms with Crippen LogP contribution in [-0.4, -0.2) is 33.6 Å². The molecule has 2 aliphatic rings. The van der Waals surface area contributed by atoms with Gasteiger partial charge in [0.2, 0.25) is 0 Å². The number of benzene rings is 1. The van der Waals surface area contributed by atoms with Gasteiger partial charge in [0, 0.05) is 43.4 Å². The Morgan fingerprint density at radius 3 is 2.70 bits per heavy atom. The number of H-pyrrole nitrogens is 1. The average molecular weight is 401 g/mol. The molecule has 1 aromatic heterocycles. The van der Waals surface area contributed by atoms with Crippen LogP contribution in [0.2, 0.25) is 0 Å².